The lowest BCUT2D eigenvalue weighted by molar-refractivity contribution is 0.0924. The topological polar surface area (TPSA) is 76.7 Å². The number of ether oxygens (including phenoxy) is 2. The number of carbonyl (C=O) groups is 2. The number of carbonyl (C=O) groups excluding carboxylic acids is 2. The van der Waals surface area contributed by atoms with Crippen molar-refractivity contribution in [1.29, 1.82) is 0 Å². The fraction of sp³-hybridized carbons (Fsp3) is 0.222. The maximum absolute atomic E-state index is 12.4. The van der Waals surface area contributed by atoms with Crippen LogP contribution in [-0.2, 0) is 0 Å². The minimum atomic E-state index is -0.338. The van der Waals surface area contributed by atoms with Crippen molar-refractivity contribution < 1.29 is 19.1 Å². The molecule has 2 amide bonds. The maximum Gasteiger partial charge on any atom is 0.258 e. The van der Waals surface area contributed by atoms with Crippen molar-refractivity contribution in [2.24, 2.45) is 0 Å². The van der Waals surface area contributed by atoms with Crippen LogP contribution in [0.25, 0.3) is 0 Å². The van der Waals surface area contributed by atoms with E-state index in [4.69, 9.17) is 21.1 Å². The van der Waals surface area contributed by atoms with Gasteiger partial charge in [0.2, 0.25) is 0 Å². The molecule has 0 radical (unpaired) electrons. The molecular weight excluding hydrogens is 344 g/mol. The van der Waals surface area contributed by atoms with Crippen molar-refractivity contribution >= 4 is 23.4 Å². The Labute approximate surface area is 151 Å². The highest BCUT2D eigenvalue weighted by atomic mass is 35.5. The Kier molecular flexibility index (Phi) is 6.65. The first kappa shape index (κ1) is 18.6. The number of rotatable bonds is 7. The lowest BCUT2D eigenvalue weighted by Crippen LogP contribution is -2.35. The largest absolute Gasteiger partial charge is 0.496 e. The lowest BCUT2D eigenvalue weighted by Gasteiger charge is -2.13. The predicted octanol–water partition coefficient (Wildman–Crippen LogP) is 2.52. The van der Waals surface area contributed by atoms with Crippen LogP contribution in [0, 0.1) is 0 Å². The smallest absolute Gasteiger partial charge is 0.258 e. The Morgan fingerprint density at radius 2 is 1.40 bits per heavy atom. The van der Waals surface area contributed by atoms with E-state index in [0.717, 1.165) is 0 Å². The van der Waals surface area contributed by atoms with Gasteiger partial charge in [0.1, 0.15) is 17.1 Å². The Bertz CT molecular complexity index is 725. The molecule has 7 heteroatoms. The second-order valence-electron chi connectivity index (χ2n) is 5.06. The quantitative estimate of drug-likeness (QED) is 0.742. The normalized spacial score (nSPS) is 10.0. The third-order valence-corrected chi connectivity index (χ3v) is 3.71. The van der Waals surface area contributed by atoms with Crippen LogP contribution in [0.2, 0.25) is 5.02 Å². The summed E-state index contributed by atoms with van der Waals surface area (Å²) in [5.41, 5.74) is 0.818. The fourth-order valence-electron chi connectivity index (χ4n) is 2.22. The summed E-state index contributed by atoms with van der Waals surface area (Å²) in [5.74, 6) is 0.264. The van der Waals surface area contributed by atoms with E-state index >= 15 is 0 Å². The molecule has 2 N–H and O–H groups in total. The third-order valence-electron chi connectivity index (χ3n) is 3.46. The second kappa shape index (κ2) is 8.94. The number of hydrogen-bond acceptors (Lipinski definition) is 4. The number of halogens is 1. The van der Waals surface area contributed by atoms with Crippen LogP contribution >= 0.6 is 11.6 Å². The van der Waals surface area contributed by atoms with Crippen molar-refractivity contribution in [3.8, 4) is 11.5 Å². The molecule has 0 saturated carbocycles. The molecule has 0 fully saturated rings. The molecule has 132 valence electrons. The molecule has 0 spiro atoms. The molecule has 0 saturated heterocycles. The minimum Gasteiger partial charge on any atom is -0.496 e. The molecule has 0 aliphatic rings. The van der Waals surface area contributed by atoms with E-state index < -0.39 is 0 Å². The molecule has 25 heavy (non-hydrogen) atoms. The van der Waals surface area contributed by atoms with Crippen LogP contribution in [0.4, 0.5) is 0 Å². The van der Waals surface area contributed by atoms with Gasteiger partial charge in [0, 0.05) is 23.7 Å². The number of hydrogen-bond donors (Lipinski definition) is 2. The van der Waals surface area contributed by atoms with E-state index in [-0.39, 0.29) is 24.9 Å². The molecule has 0 heterocycles. The van der Waals surface area contributed by atoms with Gasteiger partial charge in [-0.15, -0.1) is 0 Å². The molecule has 6 nitrogen and oxygen atoms in total. The number of amides is 2. The number of methoxy groups -OCH3 is 2. The maximum atomic E-state index is 12.4. The standard InChI is InChI=1S/C18H19ClN2O4/c1-24-14-4-3-5-15(25-2)16(14)18(23)21-11-10-20-17(22)12-6-8-13(19)9-7-12/h3-9H,10-11H2,1-2H3,(H,20,22)(H,21,23). The van der Waals surface area contributed by atoms with Gasteiger partial charge in [-0.2, -0.15) is 0 Å². The highest BCUT2D eigenvalue weighted by Crippen LogP contribution is 2.27. The van der Waals surface area contributed by atoms with Crippen LogP contribution in [0.15, 0.2) is 42.5 Å². The molecule has 0 aliphatic heterocycles. The van der Waals surface area contributed by atoms with E-state index in [1.54, 1.807) is 42.5 Å². The van der Waals surface area contributed by atoms with Crippen LogP contribution in [0.3, 0.4) is 0 Å². The summed E-state index contributed by atoms with van der Waals surface area (Å²) in [6.07, 6.45) is 0. The summed E-state index contributed by atoms with van der Waals surface area (Å²) in [7, 11) is 2.97. The lowest BCUT2D eigenvalue weighted by atomic mass is 10.1. The summed E-state index contributed by atoms with van der Waals surface area (Å²) in [6, 6.07) is 11.7. The van der Waals surface area contributed by atoms with Gasteiger partial charge >= 0.3 is 0 Å². The molecule has 0 aliphatic carbocycles. The number of benzene rings is 2. The SMILES string of the molecule is COc1cccc(OC)c1C(=O)NCCNC(=O)c1ccc(Cl)cc1. The first-order valence-corrected chi connectivity index (χ1v) is 7.97. The van der Waals surface area contributed by atoms with E-state index in [9.17, 15) is 9.59 Å². The van der Waals surface area contributed by atoms with Gasteiger partial charge in [-0.25, -0.2) is 0 Å². The molecular formula is C18H19ClN2O4. The van der Waals surface area contributed by atoms with E-state index in [1.807, 2.05) is 0 Å². The molecule has 2 rings (SSSR count). The Morgan fingerprint density at radius 1 is 0.880 bits per heavy atom. The van der Waals surface area contributed by atoms with Crippen molar-refractivity contribution in [2.45, 2.75) is 0 Å². The zero-order valence-electron chi connectivity index (χ0n) is 14.0. The molecule has 0 unspecified atom stereocenters. The van der Waals surface area contributed by atoms with Crippen molar-refractivity contribution in [1.82, 2.24) is 10.6 Å². The average molecular weight is 363 g/mol. The average Bonchev–Trinajstić information content (AvgIpc) is 2.64. The van der Waals surface area contributed by atoms with Crippen molar-refractivity contribution in [2.75, 3.05) is 27.3 Å². The third kappa shape index (κ3) is 4.87. The first-order chi connectivity index (χ1) is 12.1. The van der Waals surface area contributed by atoms with Crippen molar-refractivity contribution in [3.63, 3.8) is 0 Å². The number of nitrogens with one attached hydrogen (secondary N) is 2. The fourth-order valence-corrected chi connectivity index (χ4v) is 2.34. The molecule has 2 aromatic carbocycles. The van der Waals surface area contributed by atoms with Crippen molar-refractivity contribution in [3.05, 3.63) is 58.6 Å². The van der Waals surface area contributed by atoms with E-state index in [1.165, 1.54) is 14.2 Å². The molecule has 0 aromatic heterocycles. The summed E-state index contributed by atoms with van der Waals surface area (Å²) in [4.78, 5) is 24.3. The Hall–Kier alpha value is -2.73. The highest BCUT2D eigenvalue weighted by Gasteiger charge is 2.17. The summed E-state index contributed by atoms with van der Waals surface area (Å²) >= 11 is 5.79. The van der Waals surface area contributed by atoms with Crippen LogP contribution in [-0.4, -0.2) is 39.1 Å². The van der Waals surface area contributed by atoms with E-state index in [2.05, 4.69) is 10.6 Å². The van der Waals surface area contributed by atoms with E-state index in [0.29, 0.717) is 27.6 Å². The molecule has 0 atom stereocenters. The van der Waals surface area contributed by atoms with Crippen LogP contribution in [0.1, 0.15) is 20.7 Å². The Morgan fingerprint density at radius 3 is 1.92 bits per heavy atom. The van der Waals surface area contributed by atoms with Gasteiger partial charge in [-0.3, -0.25) is 9.59 Å². The van der Waals surface area contributed by atoms with Gasteiger partial charge in [-0.05, 0) is 36.4 Å². The van der Waals surface area contributed by atoms with Gasteiger partial charge in [0.25, 0.3) is 11.8 Å². The van der Waals surface area contributed by atoms with Crippen LogP contribution in [0.5, 0.6) is 11.5 Å². The zero-order chi connectivity index (χ0) is 18.2. The van der Waals surface area contributed by atoms with Gasteiger partial charge < -0.3 is 20.1 Å². The summed E-state index contributed by atoms with van der Waals surface area (Å²) < 4.78 is 10.4. The Balaban J connectivity index is 1.89. The summed E-state index contributed by atoms with van der Waals surface area (Å²) in [5, 5.41) is 6.02. The minimum absolute atomic E-state index is 0.235. The highest BCUT2D eigenvalue weighted by molar-refractivity contribution is 6.30. The summed E-state index contributed by atoms with van der Waals surface area (Å²) in [6.45, 7) is 0.546. The van der Waals surface area contributed by atoms with Crippen LogP contribution < -0.4 is 20.1 Å². The first-order valence-electron chi connectivity index (χ1n) is 7.59. The monoisotopic (exact) mass is 362 g/mol. The van der Waals surface area contributed by atoms with Gasteiger partial charge in [0.05, 0.1) is 14.2 Å². The molecule has 0 bridgehead atoms. The predicted molar refractivity (Wildman–Crippen MR) is 95.7 cm³/mol. The zero-order valence-corrected chi connectivity index (χ0v) is 14.7. The molecule has 2 aromatic rings. The van der Waals surface area contributed by atoms with Gasteiger partial charge in [0.15, 0.2) is 0 Å². The second-order valence-corrected chi connectivity index (χ2v) is 5.49. The van der Waals surface area contributed by atoms with Gasteiger partial charge in [-0.1, -0.05) is 17.7 Å².